The number of carbonyl (C=O) groups excluding carboxylic acids is 1. The van der Waals surface area contributed by atoms with Crippen LogP contribution in [0.15, 0.2) is 24.4 Å². The zero-order chi connectivity index (χ0) is 14.0. The molecule has 100 valence electrons. The summed E-state index contributed by atoms with van der Waals surface area (Å²) in [5.74, 6) is 0.259. The molecule has 2 rings (SSSR count). The van der Waals surface area contributed by atoms with Gasteiger partial charge in [0.15, 0.2) is 0 Å². The van der Waals surface area contributed by atoms with E-state index in [0.29, 0.717) is 23.8 Å². The van der Waals surface area contributed by atoms with Gasteiger partial charge < -0.3 is 11.1 Å². The lowest BCUT2D eigenvalue weighted by atomic mass is 10.0. The number of nitrogens with one attached hydrogen (secondary N) is 1. The maximum atomic E-state index is 12.2. The summed E-state index contributed by atoms with van der Waals surface area (Å²) in [5, 5.41) is 4.56. The van der Waals surface area contributed by atoms with Gasteiger partial charge >= 0.3 is 0 Å². The molecule has 1 amide bonds. The van der Waals surface area contributed by atoms with E-state index >= 15 is 0 Å². The van der Waals surface area contributed by atoms with E-state index in [1.165, 1.54) is 0 Å². The van der Waals surface area contributed by atoms with Gasteiger partial charge in [-0.05, 0) is 36.6 Å². The number of nitrogens with zero attached hydrogens (tertiary/aromatic N) is 1. The summed E-state index contributed by atoms with van der Waals surface area (Å²) in [5.41, 5.74) is 8.13. The Kier molecular flexibility index (Phi) is 3.69. The molecule has 0 saturated carbocycles. The van der Waals surface area contributed by atoms with E-state index in [-0.39, 0.29) is 5.91 Å². The summed E-state index contributed by atoms with van der Waals surface area (Å²) in [6, 6.07) is 5.68. The van der Waals surface area contributed by atoms with Gasteiger partial charge in [0.05, 0.1) is 0 Å². The van der Waals surface area contributed by atoms with Gasteiger partial charge in [0.2, 0.25) is 0 Å². The fourth-order valence-electron chi connectivity index (χ4n) is 2.02. The highest BCUT2D eigenvalue weighted by molar-refractivity contribution is 6.08. The zero-order valence-corrected chi connectivity index (χ0v) is 11.5. The summed E-state index contributed by atoms with van der Waals surface area (Å²) in [6.07, 6.45) is 1.62. The molecule has 0 unspecified atom stereocenters. The molecule has 1 aromatic heterocycles. The summed E-state index contributed by atoms with van der Waals surface area (Å²) < 4.78 is 0. The summed E-state index contributed by atoms with van der Waals surface area (Å²) >= 11 is 0. The third-order valence-corrected chi connectivity index (χ3v) is 2.94. The van der Waals surface area contributed by atoms with Crippen LogP contribution in [0.5, 0.6) is 0 Å². The number of hydrogen-bond donors (Lipinski definition) is 2. The number of amides is 1. The first-order valence-corrected chi connectivity index (χ1v) is 6.42. The standard InChI is InChI=1S/C15H19N3O/c1-9(2)8-18-15(19)14-12-6-10(3)7-13(16)11(12)4-5-17-14/h4-7,9H,8,16H2,1-3H3,(H,18,19). The van der Waals surface area contributed by atoms with Crippen molar-refractivity contribution in [1.29, 1.82) is 0 Å². The molecule has 1 aromatic carbocycles. The van der Waals surface area contributed by atoms with E-state index in [9.17, 15) is 4.79 Å². The van der Waals surface area contributed by atoms with Gasteiger partial charge in [0.25, 0.3) is 5.91 Å². The van der Waals surface area contributed by atoms with Gasteiger partial charge in [0, 0.05) is 29.2 Å². The maximum Gasteiger partial charge on any atom is 0.270 e. The quantitative estimate of drug-likeness (QED) is 0.830. The number of carbonyl (C=O) groups is 1. The van der Waals surface area contributed by atoms with Gasteiger partial charge in [-0.25, -0.2) is 0 Å². The summed E-state index contributed by atoms with van der Waals surface area (Å²) in [4.78, 5) is 16.4. The van der Waals surface area contributed by atoms with E-state index in [2.05, 4.69) is 24.1 Å². The van der Waals surface area contributed by atoms with Crippen LogP contribution in [0.25, 0.3) is 10.8 Å². The molecule has 1 heterocycles. The zero-order valence-electron chi connectivity index (χ0n) is 11.5. The van der Waals surface area contributed by atoms with Crippen LogP contribution in [0, 0.1) is 12.8 Å². The van der Waals surface area contributed by atoms with Crippen LogP contribution in [0.2, 0.25) is 0 Å². The van der Waals surface area contributed by atoms with E-state index < -0.39 is 0 Å². The van der Waals surface area contributed by atoms with Gasteiger partial charge in [-0.2, -0.15) is 0 Å². The minimum Gasteiger partial charge on any atom is -0.398 e. The fourth-order valence-corrected chi connectivity index (χ4v) is 2.02. The number of fused-ring (bicyclic) bond motifs is 1. The molecule has 4 nitrogen and oxygen atoms in total. The van der Waals surface area contributed by atoms with Crippen LogP contribution >= 0.6 is 0 Å². The maximum absolute atomic E-state index is 12.2. The van der Waals surface area contributed by atoms with Crippen LogP contribution in [0.3, 0.4) is 0 Å². The van der Waals surface area contributed by atoms with Crippen molar-refractivity contribution in [3.8, 4) is 0 Å². The smallest absolute Gasteiger partial charge is 0.270 e. The predicted octanol–water partition coefficient (Wildman–Crippen LogP) is 2.51. The van der Waals surface area contributed by atoms with Crippen molar-refractivity contribution in [3.63, 3.8) is 0 Å². The average Bonchev–Trinajstić information content (AvgIpc) is 2.35. The molecule has 19 heavy (non-hydrogen) atoms. The molecule has 0 saturated heterocycles. The van der Waals surface area contributed by atoms with Crippen molar-refractivity contribution in [2.75, 3.05) is 12.3 Å². The van der Waals surface area contributed by atoms with Gasteiger partial charge in [0.1, 0.15) is 5.69 Å². The molecule has 0 aliphatic carbocycles. The first kappa shape index (κ1) is 13.3. The molecule has 0 aliphatic heterocycles. The second-order valence-electron chi connectivity index (χ2n) is 5.21. The van der Waals surface area contributed by atoms with Crippen molar-refractivity contribution in [2.45, 2.75) is 20.8 Å². The molecule has 0 spiro atoms. The lowest BCUT2D eigenvalue weighted by Crippen LogP contribution is -2.28. The van der Waals surface area contributed by atoms with Crippen LogP contribution in [0.1, 0.15) is 29.9 Å². The second-order valence-corrected chi connectivity index (χ2v) is 5.21. The van der Waals surface area contributed by atoms with Crippen LogP contribution in [-0.2, 0) is 0 Å². The first-order chi connectivity index (χ1) is 8.99. The van der Waals surface area contributed by atoms with E-state index in [1.54, 1.807) is 6.20 Å². The Hall–Kier alpha value is -2.10. The topological polar surface area (TPSA) is 68.0 Å². The number of pyridine rings is 1. The third kappa shape index (κ3) is 2.84. The van der Waals surface area contributed by atoms with E-state index in [0.717, 1.165) is 16.3 Å². The lowest BCUT2D eigenvalue weighted by molar-refractivity contribution is 0.0946. The number of anilines is 1. The highest BCUT2D eigenvalue weighted by atomic mass is 16.1. The van der Waals surface area contributed by atoms with Crippen LogP contribution < -0.4 is 11.1 Å². The van der Waals surface area contributed by atoms with Gasteiger partial charge in [-0.3, -0.25) is 9.78 Å². The molecule has 0 bridgehead atoms. The number of hydrogen-bond acceptors (Lipinski definition) is 3. The molecule has 0 fully saturated rings. The van der Waals surface area contributed by atoms with Crippen LogP contribution in [-0.4, -0.2) is 17.4 Å². The Morgan fingerprint density at radius 2 is 2.11 bits per heavy atom. The highest BCUT2D eigenvalue weighted by Gasteiger charge is 2.13. The molecular weight excluding hydrogens is 238 g/mol. The normalized spacial score (nSPS) is 10.9. The predicted molar refractivity (Wildman–Crippen MR) is 78.1 cm³/mol. The van der Waals surface area contributed by atoms with Gasteiger partial charge in [-0.1, -0.05) is 13.8 Å². The minimum absolute atomic E-state index is 0.149. The fraction of sp³-hybridized carbons (Fsp3) is 0.333. The number of benzene rings is 1. The Morgan fingerprint density at radius 1 is 1.37 bits per heavy atom. The first-order valence-electron chi connectivity index (χ1n) is 6.42. The van der Waals surface area contributed by atoms with Crippen LogP contribution in [0.4, 0.5) is 5.69 Å². The van der Waals surface area contributed by atoms with Crippen molar-refractivity contribution >= 4 is 22.4 Å². The number of nitrogen functional groups attached to an aromatic ring is 1. The summed E-state index contributed by atoms with van der Waals surface area (Å²) in [6.45, 7) is 6.70. The third-order valence-electron chi connectivity index (χ3n) is 2.94. The molecule has 0 atom stereocenters. The Labute approximate surface area is 113 Å². The Balaban J connectivity index is 2.46. The van der Waals surface area contributed by atoms with E-state index in [4.69, 9.17) is 5.73 Å². The average molecular weight is 257 g/mol. The lowest BCUT2D eigenvalue weighted by Gasteiger charge is -2.10. The molecular formula is C15H19N3O. The Bertz CT molecular complexity index is 620. The number of nitrogens with two attached hydrogens (primary N) is 1. The molecule has 2 aromatic rings. The van der Waals surface area contributed by atoms with Crippen molar-refractivity contribution in [2.24, 2.45) is 5.92 Å². The van der Waals surface area contributed by atoms with Crippen molar-refractivity contribution < 1.29 is 4.79 Å². The number of aromatic nitrogens is 1. The number of aryl methyl sites for hydroxylation is 1. The minimum atomic E-state index is -0.149. The molecule has 3 N–H and O–H groups in total. The SMILES string of the molecule is Cc1cc(N)c2ccnc(C(=O)NCC(C)C)c2c1. The monoisotopic (exact) mass is 257 g/mol. The van der Waals surface area contributed by atoms with Gasteiger partial charge in [-0.15, -0.1) is 0 Å². The van der Waals surface area contributed by atoms with Crippen molar-refractivity contribution in [3.05, 3.63) is 35.7 Å². The highest BCUT2D eigenvalue weighted by Crippen LogP contribution is 2.24. The molecule has 4 heteroatoms. The Morgan fingerprint density at radius 3 is 2.79 bits per heavy atom. The summed E-state index contributed by atoms with van der Waals surface area (Å²) in [7, 11) is 0. The molecule has 0 aliphatic rings. The van der Waals surface area contributed by atoms with E-state index in [1.807, 2.05) is 25.1 Å². The second kappa shape index (κ2) is 5.26. The molecule has 0 radical (unpaired) electrons. The number of rotatable bonds is 3. The van der Waals surface area contributed by atoms with Crippen molar-refractivity contribution in [1.82, 2.24) is 10.3 Å². The largest absolute Gasteiger partial charge is 0.398 e.